The number of ether oxygens (including phenoxy) is 1. The van der Waals surface area contributed by atoms with E-state index in [2.05, 4.69) is 10.2 Å². The van der Waals surface area contributed by atoms with Gasteiger partial charge in [-0.1, -0.05) is 6.07 Å². The first-order chi connectivity index (χ1) is 10.0. The van der Waals surface area contributed by atoms with Crippen LogP contribution in [0.3, 0.4) is 0 Å². The minimum absolute atomic E-state index is 0.0660. The molecule has 0 saturated heterocycles. The van der Waals surface area contributed by atoms with E-state index in [-0.39, 0.29) is 5.69 Å². The highest BCUT2D eigenvalue weighted by Gasteiger charge is 2.20. The normalized spacial score (nSPS) is 11.0. The lowest BCUT2D eigenvalue weighted by Gasteiger charge is -2.03. The molecule has 3 aromatic rings. The smallest absolute Gasteiger partial charge is 0.353 e. The van der Waals surface area contributed by atoms with Crippen LogP contribution in [0.25, 0.3) is 22.2 Å². The fourth-order valence-electron chi connectivity index (χ4n) is 2.62. The van der Waals surface area contributed by atoms with E-state index in [0.717, 1.165) is 27.9 Å². The molecule has 21 heavy (non-hydrogen) atoms. The second kappa shape index (κ2) is 4.66. The van der Waals surface area contributed by atoms with Crippen LogP contribution in [-0.4, -0.2) is 33.0 Å². The maximum atomic E-state index is 11.0. The van der Waals surface area contributed by atoms with Crippen LogP contribution in [0.5, 0.6) is 5.75 Å². The molecule has 1 aromatic carbocycles. The molecule has 0 aliphatic rings. The van der Waals surface area contributed by atoms with Gasteiger partial charge in [-0.2, -0.15) is 5.10 Å². The Morgan fingerprint density at radius 1 is 1.43 bits per heavy atom. The minimum Gasteiger partial charge on any atom is -0.496 e. The van der Waals surface area contributed by atoms with E-state index < -0.39 is 5.97 Å². The Morgan fingerprint density at radius 3 is 2.81 bits per heavy atom. The maximum Gasteiger partial charge on any atom is 0.353 e. The zero-order valence-corrected chi connectivity index (χ0v) is 12.0. The number of nitrogens with one attached hydrogen (secondary N) is 1. The van der Waals surface area contributed by atoms with Crippen molar-refractivity contribution in [1.29, 1.82) is 0 Å². The largest absolute Gasteiger partial charge is 0.496 e. The van der Waals surface area contributed by atoms with Crippen molar-refractivity contribution in [2.24, 2.45) is 7.05 Å². The molecule has 0 radical (unpaired) electrons. The van der Waals surface area contributed by atoms with Crippen molar-refractivity contribution in [3.8, 4) is 17.0 Å². The standard InChI is InChI=1S/C15H15N3O3/c1-8-13(9-7-10(15(19)20)17-16-9)14-11(18(8)2)5-4-6-12(14)21-3/h4-7H,1-3H3,(H,16,17)(H,19,20). The Labute approximate surface area is 121 Å². The number of aromatic amines is 1. The van der Waals surface area contributed by atoms with Crippen molar-refractivity contribution >= 4 is 16.9 Å². The average molecular weight is 285 g/mol. The lowest BCUT2D eigenvalue weighted by atomic mass is 10.1. The third-order valence-corrected chi connectivity index (χ3v) is 3.76. The summed E-state index contributed by atoms with van der Waals surface area (Å²) in [4.78, 5) is 11.0. The highest BCUT2D eigenvalue weighted by molar-refractivity contribution is 6.02. The molecule has 2 heterocycles. The van der Waals surface area contributed by atoms with Gasteiger partial charge in [0.1, 0.15) is 11.4 Å². The summed E-state index contributed by atoms with van der Waals surface area (Å²) >= 11 is 0. The van der Waals surface area contributed by atoms with Gasteiger partial charge in [-0.25, -0.2) is 4.79 Å². The molecule has 0 atom stereocenters. The quantitative estimate of drug-likeness (QED) is 0.775. The van der Waals surface area contributed by atoms with Crippen LogP contribution in [0.4, 0.5) is 0 Å². The van der Waals surface area contributed by atoms with Crippen LogP contribution in [-0.2, 0) is 7.05 Å². The van der Waals surface area contributed by atoms with E-state index in [1.807, 2.05) is 36.7 Å². The topological polar surface area (TPSA) is 80.1 Å². The van der Waals surface area contributed by atoms with E-state index in [9.17, 15) is 4.79 Å². The summed E-state index contributed by atoms with van der Waals surface area (Å²) < 4.78 is 7.49. The number of fused-ring (bicyclic) bond motifs is 1. The SMILES string of the molecule is COc1cccc2c1c(-c1cc(C(=O)O)[nH]n1)c(C)n2C. The fourth-order valence-corrected chi connectivity index (χ4v) is 2.62. The first kappa shape index (κ1) is 13.2. The van der Waals surface area contributed by atoms with E-state index in [0.29, 0.717) is 5.69 Å². The molecule has 6 nitrogen and oxygen atoms in total. The Kier molecular flexibility index (Phi) is 2.94. The number of carboxylic acids is 1. The van der Waals surface area contributed by atoms with Crippen molar-refractivity contribution < 1.29 is 14.6 Å². The van der Waals surface area contributed by atoms with Gasteiger partial charge in [0, 0.05) is 18.3 Å². The molecule has 0 fully saturated rings. The monoisotopic (exact) mass is 285 g/mol. The van der Waals surface area contributed by atoms with Gasteiger partial charge >= 0.3 is 5.97 Å². The van der Waals surface area contributed by atoms with Crippen LogP contribution < -0.4 is 4.74 Å². The number of hydrogen-bond donors (Lipinski definition) is 2. The van der Waals surface area contributed by atoms with Crippen molar-refractivity contribution in [3.63, 3.8) is 0 Å². The van der Waals surface area contributed by atoms with Gasteiger partial charge in [0.25, 0.3) is 0 Å². The summed E-state index contributed by atoms with van der Waals surface area (Å²) in [5, 5.41) is 16.6. The molecule has 2 N–H and O–H groups in total. The molecule has 0 aliphatic carbocycles. The molecule has 0 unspecified atom stereocenters. The number of carbonyl (C=O) groups is 1. The maximum absolute atomic E-state index is 11.0. The predicted octanol–water partition coefficient (Wildman–Crippen LogP) is 2.58. The molecule has 0 amide bonds. The molecule has 0 bridgehead atoms. The Balaban J connectivity index is 2.35. The fraction of sp³-hybridized carbons (Fsp3) is 0.200. The number of methoxy groups -OCH3 is 1. The van der Waals surface area contributed by atoms with Crippen LogP contribution in [0, 0.1) is 6.92 Å². The van der Waals surface area contributed by atoms with Crippen molar-refractivity contribution in [1.82, 2.24) is 14.8 Å². The van der Waals surface area contributed by atoms with E-state index in [1.165, 1.54) is 6.07 Å². The number of aromatic carboxylic acids is 1. The van der Waals surface area contributed by atoms with Gasteiger partial charge in [0.05, 0.1) is 23.7 Å². The summed E-state index contributed by atoms with van der Waals surface area (Å²) in [7, 11) is 3.58. The summed E-state index contributed by atoms with van der Waals surface area (Å²) in [5.41, 5.74) is 3.56. The number of aromatic nitrogens is 3. The molecule has 0 spiro atoms. The summed E-state index contributed by atoms with van der Waals surface area (Å²) in [6, 6.07) is 7.35. The van der Waals surface area contributed by atoms with E-state index >= 15 is 0 Å². The van der Waals surface area contributed by atoms with Crippen molar-refractivity contribution in [3.05, 3.63) is 35.7 Å². The molecule has 6 heteroatoms. The number of aryl methyl sites for hydroxylation is 1. The Bertz CT molecular complexity index is 845. The second-order valence-electron chi connectivity index (χ2n) is 4.85. The van der Waals surface area contributed by atoms with Gasteiger partial charge in [0.2, 0.25) is 0 Å². The van der Waals surface area contributed by atoms with Gasteiger partial charge in [-0.3, -0.25) is 5.10 Å². The number of hydrogen-bond acceptors (Lipinski definition) is 3. The lowest BCUT2D eigenvalue weighted by molar-refractivity contribution is 0.0690. The number of carboxylic acid groups (broad SMARTS) is 1. The summed E-state index contributed by atoms with van der Waals surface area (Å²) in [5.74, 6) is -0.287. The first-order valence-electron chi connectivity index (χ1n) is 6.45. The molecular formula is C15H15N3O3. The average Bonchev–Trinajstić information content (AvgIpc) is 3.04. The van der Waals surface area contributed by atoms with Crippen LogP contribution in [0.15, 0.2) is 24.3 Å². The Morgan fingerprint density at radius 2 is 2.19 bits per heavy atom. The van der Waals surface area contributed by atoms with E-state index in [1.54, 1.807) is 7.11 Å². The third kappa shape index (κ3) is 1.87. The highest BCUT2D eigenvalue weighted by atomic mass is 16.5. The lowest BCUT2D eigenvalue weighted by Crippen LogP contribution is -1.95. The van der Waals surface area contributed by atoms with E-state index in [4.69, 9.17) is 9.84 Å². The zero-order valence-electron chi connectivity index (χ0n) is 12.0. The number of benzene rings is 1. The molecular weight excluding hydrogens is 270 g/mol. The number of rotatable bonds is 3. The number of H-pyrrole nitrogens is 1. The summed E-state index contributed by atoms with van der Waals surface area (Å²) in [6.45, 7) is 1.98. The van der Waals surface area contributed by atoms with Crippen molar-refractivity contribution in [2.75, 3.05) is 7.11 Å². The van der Waals surface area contributed by atoms with Gasteiger partial charge in [0.15, 0.2) is 0 Å². The highest BCUT2D eigenvalue weighted by Crippen LogP contribution is 2.38. The van der Waals surface area contributed by atoms with Crippen LogP contribution >= 0.6 is 0 Å². The predicted molar refractivity (Wildman–Crippen MR) is 78.7 cm³/mol. The number of nitrogens with zero attached hydrogens (tertiary/aromatic N) is 2. The first-order valence-corrected chi connectivity index (χ1v) is 6.45. The van der Waals surface area contributed by atoms with Gasteiger partial charge in [-0.15, -0.1) is 0 Å². The van der Waals surface area contributed by atoms with Crippen molar-refractivity contribution in [2.45, 2.75) is 6.92 Å². The molecule has 0 aliphatic heterocycles. The van der Waals surface area contributed by atoms with Gasteiger partial charge in [-0.05, 0) is 25.1 Å². The van der Waals surface area contributed by atoms with Crippen LogP contribution in [0.2, 0.25) is 0 Å². The minimum atomic E-state index is -1.03. The summed E-state index contributed by atoms with van der Waals surface area (Å²) in [6.07, 6.45) is 0. The molecule has 2 aromatic heterocycles. The molecule has 0 saturated carbocycles. The Hall–Kier alpha value is -2.76. The molecule has 3 rings (SSSR count). The zero-order chi connectivity index (χ0) is 15.1. The third-order valence-electron chi connectivity index (χ3n) is 3.76. The molecule has 108 valence electrons. The van der Waals surface area contributed by atoms with Crippen LogP contribution in [0.1, 0.15) is 16.2 Å². The van der Waals surface area contributed by atoms with Gasteiger partial charge < -0.3 is 14.4 Å². The second-order valence-corrected chi connectivity index (χ2v) is 4.85.